The minimum Gasteiger partial charge on any atom is -0.505 e. The molecule has 0 unspecified atom stereocenters. The minimum atomic E-state index is -2.74. The third-order valence-electron chi connectivity index (χ3n) is 8.25. The lowest BCUT2D eigenvalue weighted by Gasteiger charge is -2.36. The molecule has 0 aliphatic rings. The van der Waals surface area contributed by atoms with Gasteiger partial charge in [0.25, 0.3) is 11.1 Å². The van der Waals surface area contributed by atoms with Crippen LogP contribution >= 0.6 is 23.2 Å². The van der Waals surface area contributed by atoms with Crippen LogP contribution in [0.25, 0.3) is 0 Å². The Morgan fingerprint density at radius 3 is 1.62 bits per heavy atom. The van der Waals surface area contributed by atoms with Gasteiger partial charge in [-0.2, -0.15) is 10.2 Å². The van der Waals surface area contributed by atoms with Gasteiger partial charge in [0.2, 0.25) is 0 Å². The lowest BCUT2D eigenvalue weighted by molar-refractivity contribution is 0.0845. The van der Waals surface area contributed by atoms with Crippen molar-refractivity contribution in [3.8, 4) is 11.5 Å². The van der Waals surface area contributed by atoms with Gasteiger partial charge < -0.3 is 28.8 Å². The maximum Gasteiger partial charge on any atom is 0.289 e. The average Bonchev–Trinajstić information content (AvgIpc) is 3.18. The van der Waals surface area contributed by atoms with Crippen molar-refractivity contribution in [1.82, 2.24) is 19.6 Å². The second-order valence-electron chi connectivity index (χ2n) is 16.1. The van der Waals surface area contributed by atoms with Crippen LogP contribution in [0.4, 0.5) is 0 Å². The molecule has 15 heteroatoms. The van der Waals surface area contributed by atoms with Crippen LogP contribution in [-0.4, -0.2) is 57.8 Å². The molecular weight excluding hydrogens is 799 g/mol. The first-order chi connectivity index (χ1) is 31.2. The highest BCUT2D eigenvalue weighted by Crippen LogP contribution is 2.36. The second kappa shape index (κ2) is 22.7. The Kier molecular flexibility index (Phi) is 13.4. The number of benzene rings is 2. The fourth-order valence-corrected chi connectivity index (χ4v) is 4.87. The SMILES string of the molecule is CC(C)(C)n1ncc(O)c(Cl)c1=O.[2H]C([2H])(O)c1ccc(COC([2H])([2H])C([2H])([2H])C)cc1.[2H]C([2H])(Oc1cnn(C(C)(C)C)c(=O)c1Cl)c1ccc(COC([2H])([2H])C([2H])([2H])O[Si](C)(C)C(C)(C)C)cc1. The van der Waals surface area contributed by atoms with Crippen molar-refractivity contribution in [2.45, 2.75) is 131 Å². The Morgan fingerprint density at radius 1 is 0.707 bits per heavy atom. The number of ether oxygens (including phenoxy) is 3. The molecular formula is C43H64Cl2N4O8Si. The topological polar surface area (TPSA) is 147 Å². The highest BCUT2D eigenvalue weighted by molar-refractivity contribution is 6.74. The monoisotopic (exact) mass is 874 g/mol. The average molecular weight is 876 g/mol. The van der Waals surface area contributed by atoms with E-state index >= 15 is 0 Å². The molecule has 0 saturated carbocycles. The summed E-state index contributed by atoms with van der Waals surface area (Å²) in [6.07, 6.45) is 0.224. The van der Waals surface area contributed by atoms with E-state index in [1.807, 2.05) is 54.6 Å². The van der Waals surface area contributed by atoms with Crippen LogP contribution in [0.1, 0.15) is 114 Å². The molecule has 2 N–H and O–H groups in total. The lowest BCUT2D eigenvalue weighted by Crippen LogP contribution is -2.41. The van der Waals surface area contributed by atoms with Gasteiger partial charge in [-0.1, -0.05) is 99.4 Å². The van der Waals surface area contributed by atoms with E-state index in [1.54, 1.807) is 20.8 Å². The van der Waals surface area contributed by atoms with Crippen molar-refractivity contribution in [2.75, 3.05) is 19.7 Å². The molecule has 2 heterocycles. The molecule has 0 aliphatic carbocycles. The van der Waals surface area contributed by atoms with Crippen molar-refractivity contribution in [3.05, 3.63) is 114 Å². The number of aromatic nitrogens is 4. The van der Waals surface area contributed by atoms with Crippen LogP contribution in [0.2, 0.25) is 28.2 Å². The summed E-state index contributed by atoms with van der Waals surface area (Å²) >= 11 is 11.7. The summed E-state index contributed by atoms with van der Waals surface area (Å²) in [5.41, 5.74) is -0.913. The molecule has 4 rings (SSSR count). The van der Waals surface area contributed by atoms with Gasteiger partial charge in [0.15, 0.2) is 29.9 Å². The fraction of sp³-hybridized carbons (Fsp3) is 0.535. The Labute approximate surface area is 372 Å². The maximum absolute atomic E-state index is 12.5. The molecule has 0 saturated heterocycles. The van der Waals surface area contributed by atoms with Gasteiger partial charge >= 0.3 is 0 Å². The number of nitrogens with zero attached hydrogens (tertiary/aromatic N) is 4. The molecule has 0 atom stereocenters. The number of hydrogen-bond donors (Lipinski definition) is 2. The Balaban J connectivity index is 0.000000431. The van der Waals surface area contributed by atoms with Gasteiger partial charge in [0.1, 0.15) is 6.56 Å². The van der Waals surface area contributed by atoms with E-state index in [9.17, 15) is 9.59 Å². The summed E-state index contributed by atoms with van der Waals surface area (Å²) in [6.45, 7) is 8.31. The van der Waals surface area contributed by atoms with E-state index in [4.69, 9.17) is 68.5 Å². The summed E-state index contributed by atoms with van der Waals surface area (Å²) in [6, 6.07) is 11.6. The number of rotatable bonds is 14. The van der Waals surface area contributed by atoms with E-state index < -0.39 is 69.7 Å². The molecule has 0 bridgehead atoms. The van der Waals surface area contributed by atoms with E-state index in [2.05, 4.69) is 10.2 Å². The highest BCUT2D eigenvalue weighted by atomic mass is 35.5. The Hall–Kier alpha value is -3.56. The third kappa shape index (κ3) is 16.2. The van der Waals surface area contributed by atoms with Crippen LogP contribution in [0.5, 0.6) is 11.5 Å². The maximum atomic E-state index is 12.5. The Morgan fingerprint density at radius 2 is 1.16 bits per heavy atom. The number of aromatic hydroxyl groups is 1. The standard InChI is InChI=1S/C24H37ClN2O4Si.C11H16O2.C8H11ClN2O2/c1-23(2,3)27-22(28)21(25)20(15-26-27)30-17-19-11-9-18(10-12-19)16-29-13-14-31-32(7,8)24(4,5)6;1-2-7-13-9-11-5-3-10(8-12)4-6-11;1-8(2,3)11-7(13)6(9)5(12)4-10-11/h9-12,15H,13-14,16-17H2,1-8H3;3-6,12H,2,7-9H2,1H3;4,12H,1-3H3/i13D2,14D2,17D2;2D2,7D2,8D2;. The van der Waals surface area contributed by atoms with Crippen molar-refractivity contribution >= 4 is 31.5 Å². The molecule has 4 aromatic rings. The van der Waals surface area contributed by atoms with Gasteiger partial charge in [-0.15, -0.1) is 0 Å². The number of halogens is 2. The first-order valence-electron chi connectivity index (χ1n) is 24.0. The molecule has 2 aromatic heterocycles. The molecule has 322 valence electrons. The molecule has 0 fully saturated rings. The largest absolute Gasteiger partial charge is 0.505 e. The lowest BCUT2D eigenvalue weighted by atomic mass is 10.1. The smallest absolute Gasteiger partial charge is 0.289 e. The second-order valence-corrected chi connectivity index (χ2v) is 21.6. The number of hydrogen-bond acceptors (Lipinski definition) is 10. The van der Waals surface area contributed by atoms with Crippen LogP contribution in [-0.2, 0) is 51.3 Å². The fourth-order valence-electron chi connectivity index (χ4n) is 3.97. The van der Waals surface area contributed by atoms with Gasteiger partial charge in [-0.25, -0.2) is 9.36 Å². The van der Waals surface area contributed by atoms with Crippen molar-refractivity contribution < 1.29 is 45.3 Å². The quantitative estimate of drug-likeness (QED) is 0.118. The third-order valence-corrected chi connectivity index (χ3v) is 13.2. The van der Waals surface area contributed by atoms with Crippen LogP contribution in [0.15, 0.2) is 70.5 Å². The zero-order chi connectivity index (χ0) is 54.7. The predicted molar refractivity (Wildman–Crippen MR) is 235 cm³/mol. The highest BCUT2D eigenvalue weighted by Gasteiger charge is 2.36. The minimum absolute atomic E-state index is 0.0880. The van der Waals surface area contributed by atoms with Gasteiger partial charge in [0, 0.05) is 9.30 Å². The van der Waals surface area contributed by atoms with E-state index in [0.717, 1.165) is 13.1 Å². The summed E-state index contributed by atoms with van der Waals surface area (Å²) in [7, 11) is -2.62. The predicted octanol–water partition coefficient (Wildman–Crippen LogP) is 9.23. The van der Waals surface area contributed by atoms with Crippen molar-refractivity contribution in [3.63, 3.8) is 0 Å². The van der Waals surface area contributed by atoms with E-state index in [-0.39, 0.29) is 50.9 Å². The zero-order valence-electron chi connectivity index (χ0n) is 47.1. The normalized spacial score (nSPS) is 16.5. The van der Waals surface area contributed by atoms with E-state index in [1.165, 1.54) is 64.1 Å². The molecule has 0 amide bonds. The van der Waals surface area contributed by atoms with Gasteiger partial charge in [-0.05, 0) is 88.3 Å². The van der Waals surface area contributed by atoms with Crippen LogP contribution in [0, 0.1) is 0 Å². The molecule has 0 aliphatic heterocycles. The summed E-state index contributed by atoms with van der Waals surface area (Å²) < 4.78 is 117. The zero-order valence-corrected chi connectivity index (χ0v) is 37.6. The summed E-state index contributed by atoms with van der Waals surface area (Å²) in [4.78, 5) is 24.0. The number of aliphatic hydroxyl groups is 1. The Bertz CT molecular complexity index is 2500. The van der Waals surface area contributed by atoms with E-state index in [0.29, 0.717) is 11.1 Å². The first-order valence-corrected chi connectivity index (χ1v) is 21.7. The molecule has 58 heavy (non-hydrogen) atoms. The van der Waals surface area contributed by atoms with Crippen LogP contribution in [0.3, 0.4) is 0 Å². The van der Waals surface area contributed by atoms with Crippen molar-refractivity contribution in [2.24, 2.45) is 0 Å². The van der Waals surface area contributed by atoms with Crippen LogP contribution < -0.4 is 15.9 Å². The summed E-state index contributed by atoms with van der Waals surface area (Å²) in [5, 5.41) is 25.2. The van der Waals surface area contributed by atoms with Gasteiger partial charge in [0.05, 0.1) is 70.1 Å². The van der Waals surface area contributed by atoms with Gasteiger partial charge in [-0.3, -0.25) is 9.59 Å². The molecule has 12 nitrogen and oxygen atoms in total. The summed E-state index contributed by atoms with van der Waals surface area (Å²) in [5.74, 6) is -0.487. The molecule has 0 spiro atoms. The van der Waals surface area contributed by atoms with Crippen molar-refractivity contribution in [1.29, 1.82) is 0 Å². The molecule has 0 radical (unpaired) electrons. The first kappa shape index (κ1) is 34.2. The molecule has 2 aromatic carbocycles.